The summed E-state index contributed by atoms with van der Waals surface area (Å²) in [7, 11) is 0. The summed E-state index contributed by atoms with van der Waals surface area (Å²) in [5.41, 5.74) is 1.15. The quantitative estimate of drug-likeness (QED) is 0.562. The van der Waals surface area contributed by atoms with E-state index in [9.17, 15) is 0 Å². The molecule has 0 spiro atoms. The van der Waals surface area contributed by atoms with Gasteiger partial charge in [0.2, 0.25) is 0 Å². The smallest absolute Gasteiger partial charge is 0.0389 e. The van der Waals surface area contributed by atoms with Gasteiger partial charge in [0.1, 0.15) is 0 Å². The first-order valence-corrected chi connectivity index (χ1v) is 5.38. The van der Waals surface area contributed by atoms with E-state index >= 15 is 0 Å². The van der Waals surface area contributed by atoms with Gasteiger partial charge in [0.25, 0.3) is 0 Å². The van der Waals surface area contributed by atoms with Gasteiger partial charge < -0.3 is 0 Å². The Kier molecular flexibility index (Phi) is 4.76. The number of hydrogen-bond acceptors (Lipinski definition) is 1. The molecule has 0 amide bonds. The van der Waals surface area contributed by atoms with E-state index in [-0.39, 0.29) is 0 Å². The van der Waals surface area contributed by atoms with Crippen LogP contribution >= 0.6 is 15.9 Å². The summed E-state index contributed by atoms with van der Waals surface area (Å²) >= 11 is 3.47. The molecule has 0 bridgehead atoms. The van der Waals surface area contributed by atoms with Gasteiger partial charge in [0.15, 0.2) is 0 Å². The van der Waals surface area contributed by atoms with E-state index < -0.39 is 0 Å². The molecule has 1 rings (SSSR count). The average molecular weight is 240 g/mol. The van der Waals surface area contributed by atoms with Gasteiger partial charge in [-0.3, -0.25) is 4.99 Å². The Morgan fingerprint density at radius 3 is 2.85 bits per heavy atom. The molecular weight excluding hydrogens is 226 g/mol. The minimum atomic E-state index is 0.928. The van der Waals surface area contributed by atoms with E-state index in [0.29, 0.717) is 0 Å². The molecule has 2 heteroatoms. The number of benzene rings is 1. The molecule has 13 heavy (non-hydrogen) atoms. The van der Waals surface area contributed by atoms with Crippen LogP contribution in [-0.4, -0.2) is 12.8 Å². The van der Waals surface area contributed by atoms with E-state index in [1.165, 1.54) is 12.8 Å². The van der Waals surface area contributed by atoms with Gasteiger partial charge in [-0.25, -0.2) is 0 Å². The average Bonchev–Trinajstić information content (AvgIpc) is 2.15. The largest absolute Gasteiger partial charge is 0.293 e. The maximum atomic E-state index is 4.34. The van der Waals surface area contributed by atoms with Crippen LogP contribution in [0, 0.1) is 0 Å². The normalized spacial score (nSPS) is 10.9. The lowest BCUT2D eigenvalue weighted by molar-refractivity contribution is 0.810. The van der Waals surface area contributed by atoms with Gasteiger partial charge in [0.05, 0.1) is 0 Å². The third-order valence-electron chi connectivity index (χ3n) is 1.78. The topological polar surface area (TPSA) is 12.4 Å². The van der Waals surface area contributed by atoms with Crippen LogP contribution in [0.4, 0.5) is 0 Å². The minimum Gasteiger partial charge on any atom is -0.293 e. The van der Waals surface area contributed by atoms with Crippen LogP contribution < -0.4 is 0 Å². The number of aliphatic imine (C=N–C) groups is 1. The zero-order valence-electron chi connectivity index (χ0n) is 7.83. The van der Waals surface area contributed by atoms with Crippen molar-refractivity contribution in [2.24, 2.45) is 4.99 Å². The number of unbranched alkanes of at least 4 members (excludes halogenated alkanes) is 1. The number of nitrogens with zero attached hydrogens (tertiary/aromatic N) is 1. The molecule has 0 aliphatic rings. The van der Waals surface area contributed by atoms with Gasteiger partial charge in [-0.2, -0.15) is 0 Å². The van der Waals surface area contributed by atoms with Crippen LogP contribution in [0.5, 0.6) is 0 Å². The molecule has 0 atom stereocenters. The van der Waals surface area contributed by atoms with Crippen molar-refractivity contribution in [2.45, 2.75) is 19.8 Å². The van der Waals surface area contributed by atoms with Gasteiger partial charge in [0, 0.05) is 22.8 Å². The molecule has 0 N–H and O–H groups in total. The lowest BCUT2D eigenvalue weighted by atomic mass is 10.2. The molecule has 1 aromatic carbocycles. The number of halogens is 1. The van der Waals surface area contributed by atoms with Crippen LogP contribution in [0.15, 0.2) is 33.7 Å². The van der Waals surface area contributed by atoms with E-state index in [2.05, 4.69) is 33.9 Å². The van der Waals surface area contributed by atoms with Crippen molar-refractivity contribution in [3.63, 3.8) is 0 Å². The summed E-state index contributed by atoms with van der Waals surface area (Å²) in [6, 6.07) is 8.11. The van der Waals surface area contributed by atoms with Crippen molar-refractivity contribution in [3.8, 4) is 0 Å². The molecule has 0 aromatic heterocycles. The van der Waals surface area contributed by atoms with Gasteiger partial charge in [-0.15, -0.1) is 0 Å². The van der Waals surface area contributed by atoms with Gasteiger partial charge in [-0.1, -0.05) is 47.5 Å². The molecule has 0 heterocycles. The molecule has 70 valence electrons. The van der Waals surface area contributed by atoms with E-state index in [4.69, 9.17) is 0 Å². The first-order chi connectivity index (χ1) is 6.34. The fraction of sp³-hybridized carbons (Fsp3) is 0.364. The molecule has 1 aromatic rings. The van der Waals surface area contributed by atoms with Gasteiger partial charge in [-0.05, 0) is 12.5 Å². The van der Waals surface area contributed by atoms with E-state index in [1.807, 2.05) is 24.4 Å². The summed E-state index contributed by atoms with van der Waals surface area (Å²) in [4.78, 5) is 4.34. The maximum Gasteiger partial charge on any atom is 0.0389 e. The first-order valence-electron chi connectivity index (χ1n) is 4.59. The third-order valence-corrected chi connectivity index (χ3v) is 2.50. The summed E-state index contributed by atoms with van der Waals surface area (Å²) < 4.78 is 1.11. The Morgan fingerprint density at radius 1 is 1.38 bits per heavy atom. The fourth-order valence-electron chi connectivity index (χ4n) is 0.992. The van der Waals surface area contributed by atoms with Crippen molar-refractivity contribution in [2.75, 3.05) is 6.54 Å². The molecule has 0 fully saturated rings. The van der Waals surface area contributed by atoms with Crippen LogP contribution in [0.1, 0.15) is 25.3 Å². The van der Waals surface area contributed by atoms with Crippen molar-refractivity contribution in [3.05, 3.63) is 34.3 Å². The lowest BCUT2D eigenvalue weighted by Gasteiger charge is -1.95. The number of rotatable bonds is 4. The summed E-state index contributed by atoms with van der Waals surface area (Å²) in [6.07, 6.45) is 4.30. The van der Waals surface area contributed by atoms with Crippen molar-refractivity contribution >= 4 is 22.1 Å². The first kappa shape index (κ1) is 10.5. The van der Waals surface area contributed by atoms with Crippen molar-refractivity contribution < 1.29 is 0 Å². The molecule has 0 saturated heterocycles. The summed E-state index contributed by atoms with van der Waals surface area (Å²) in [6.45, 7) is 3.10. The zero-order chi connectivity index (χ0) is 9.52. The summed E-state index contributed by atoms with van der Waals surface area (Å²) in [5, 5.41) is 0. The molecule has 0 saturated carbocycles. The molecular formula is C11H14BrN. The number of hydrogen-bond donors (Lipinski definition) is 0. The highest BCUT2D eigenvalue weighted by atomic mass is 79.9. The molecule has 0 unspecified atom stereocenters. The predicted molar refractivity (Wildman–Crippen MR) is 61.5 cm³/mol. The van der Waals surface area contributed by atoms with Crippen LogP contribution in [0.3, 0.4) is 0 Å². The lowest BCUT2D eigenvalue weighted by Crippen LogP contribution is -1.85. The molecule has 0 aliphatic heterocycles. The van der Waals surface area contributed by atoms with E-state index in [0.717, 1.165) is 16.6 Å². The van der Waals surface area contributed by atoms with Crippen LogP contribution in [0.2, 0.25) is 0 Å². The zero-order valence-corrected chi connectivity index (χ0v) is 9.42. The molecule has 1 nitrogen and oxygen atoms in total. The van der Waals surface area contributed by atoms with Crippen molar-refractivity contribution in [1.29, 1.82) is 0 Å². The fourth-order valence-corrected chi connectivity index (χ4v) is 1.38. The van der Waals surface area contributed by atoms with Crippen LogP contribution in [0.25, 0.3) is 0 Å². The highest BCUT2D eigenvalue weighted by Gasteiger charge is 1.92. The second-order valence-corrected chi connectivity index (χ2v) is 3.76. The molecule has 0 radical (unpaired) electrons. The second-order valence-electron chi connectivity index (χ2n) is 2.91. The monoisotopic (exact) mass is 239 g/mol. The minimum absolute atomic E-state index is 0.928. The Morgan fingerprint density at radius 2 is 2.15 bits per heavy atom. The van der Waals surface area contributed by atoms with Gasteiger partial charge >= 0.3 is 0 Å². The second kappa shape index (κ2) is 5.92. The maximum absolute atomic E-state index is 4.34. The predicted octanol–water partition coefficient (Wildman–Crippen LogP) is 3.67. The highest BCUT2D eigenvalue weighted by Crippen LogP contribution is 2.13. The standard InChI is InChI=1S/C11H14BrN/c1-2-3-8-13-9-10-6-4-5-7-11(10)12/h4-7,9H,2-3,8H2,1H3/b13-9+. The summed E-state index contributed by atoms with van der Waals surface area (Å²) in [5.74, 6) is 0. The Labute approximate surface area is 88.0 Å². The third kappa shape index (κ3) is 3.73. The SMILES string of the molecule is CCCC/N=C/c1ccccc1Br. The Bertz CT molecular complexity index is 281. The Balaban J connectivity index is 2.53. The molecule has 0 aliphatic carbocycles. The van der Waals surface area contributed by atoms with Crippen molar-refractivity contribution in [1.82, 2.24) is 0 Å². The van der Waals surface area contributed by atoms with E-state index in [1.54, 1.807) is 0 Å². The highest BCUT2D eigenvalue weighted by molar-refractivity contribution is 9.10. The Hall–Kier alpha value is -0.630. The van der Waals surface area contributed by atoms with Crippen LogP contribution in [-0.2, 0) is 0 Å².